The van der Waals surface area contributed by atoms with Crippen LogP contribution in [0.3, 0.4) is 0 Å². The Labute approximate surface area is 67.9 Å². The minimum Gasteiger partial charge on any atom is -0.338 e. The Morgan fingerprint density at radius 2 is 2.33 bits per heavy atom. The van der Waals surface area contributed by atoms with Gasteiger partial charge in [0.05, 0.1) is 10.9 Å². The van der Waals surface area contributed by atoms with E-state index in [-0.39, 0.29) is 5.63 Å². The molecule has 0 saturated carbocycles. The quantitative estimate of drug-likeness (QED) is 0.647. The third kappa shape index (κ3) is 0.853. The van der Waals surface area contributed by atoms with Crippen molar-refractivity contribution in [2.75, 3.05) is 0 Å². The van der Waals surface area contributed by atoms with Gasteiger partial charge in [-0.3, -0.25) is 0 Å². The van der Waals surface area contributed by atoms with Crippen LogP contribution in [0.1, 0.15) is 5.56 Å². The Balaban J connectivity index is 2.93. The lowest BCUT2D eigenvalue weighted by Gasteiger charge is -1.94. The number of H-pyrrole nitrogens is 1. The summed E-state index contributed by atoms with van der Waals surface area (Å²) >= 11 is 0. The molecule has 62 valence electrons. The molecule has 0 fully saturated rings. The van der Waals surface area contributed by atoms with Crippen LogP contribution in [0, 0.1) is 0 Å². The normalized spacial score (nSPS) is 10.8. The highest BCUT2D eigenvalue weighted by atomic mass is 16.5. The fourth-order valence-corrected chi connectivity index (χ4v) is 1.25. The number of hydrogen-bond acceptors (Lipinski definition) is 3. The van der Waals surface area contributed by atoms with E-state index in [1.54, 1.807) is 6.07 Å². The maximum absolute atomic E-state index is 11.1. The summed E-state index contributed by atoms with van der Waals surface area (Å²) in [6.07, 6.45) is 0. The molecule has 1 aromatic carbocycles. The third-order valence-electron chi connectivity index (χ3n) is 1.83. The SMILES string of the molecule is NCc1cccc2[nH]oc(=O)c12. The van der Waals surface area contributed by atoms with E-state index < -0.39 is 0 Å². The Morgan fingerprint density at radius 1 is 1.50 bits per heavy atom. The Kier molecular flexibility index (Phi) is 1.48. The van der Waals surface area contributed by atoms with E-state index in [0.29, 0.717) is 17.4 Å². The average Bonchev–Trinajstić information content (AvgIpc) is 2.48. The number of nitrogens with one attached hydrogen (secondary N) is 1. The molecule has 2 rings (SSSR count). The molecule has 3 N–H and O–H groups in total. The van der Waals surface area contributed by atoms with E-state index in [2.05, 4.69) is 9.68 Å². The molecule has 2 aromatic rings. The first-order valence-electron chi connectivity index (χ1n) is 3.62. The number of benzene rings is 1. The lowest BCUT2D eigenvalue weighted by atomic mass is 10.1. The molecular formula is C8H8N2O2. The molecule has 12 heavy (non-hydrogen) atoms. The molecule has 0 bridgehead atoms. The van der Waals surface area contributed by atoms with Gasteiger partial charge in [-0.05, 0) is 11.6 Å². The van der Waals surface area contributed by atoms with Gasteiger partial charge in [0.2, 0.25) is 0 Å². The minimum absolute atomic E-state index is 0.347. The summed E-state index contributed by atoms with van der Waals surface area (Å²) < 4.78 is 4.62. The summed E-state index contributed by atoms with van der Waals surface area (Å²) in [5.74, 6) is 0. The predicted molar refractivity (Wildman–Crippen MR) is 44.7 cm³/mol. The van der Waals surface area contributed by atoms with Gasteiger partial charge >= 0.3 is 5.63 Å². The molecule has 4 heteroatoms. The average molecular weight is 164 g/mol. The molecule has 0 aliphatic rings. The van der Waals surface area contributed by atoms with Gasteiger partial charge < -0.3 is 10.3 Å². The van der Waals surface area contributed by atoms with Crippen molar-refractivity contribution >= 4 is 10.9 Å². The second-order valence-electron chi connectivity index (χ2n) is 2.54. The van der Waals surface area contributed by atoms with Crippen molar-refractivity contribution < 1.29 is 4.52 Å². The number of hydrogen-bond donors (Lipinski definition) is 2. The summed E-state index contributed by atoms with van der Waals surface area (Å²) in [5, 5.41) is 3.08. The van der Waals surface area contributed by atoms with Crippen molar-refractivity contribution in [3.05, 3.63) is 34.2 Å². The van der Waals surface area contributed by atoms with E-state index in [9.17, 15) is 4.79 Å². The number of fused-ring (bicyclic) bond motifs is 1. The van der Waals surface area contributed by atoms with Crippen LogP contribution >= 0.6 is 0 Å². The molecule has 1 aromatic heterocycles. The molecule has 0 spiro atoms. The number of aromatic nitrogens is 1. The van der Waals surface area contributed by atoms with Gasteiger partial charge in [0, 0.05) is 6.54 Å². The number of aromatic amines is 1. The van der Waals surface area contributed by atoms with E-state index in [0.717, 1.165) is 5.56 Å². The van der Waals surface area contributed by atoms with E-state index in [1.165, 1.54) is 0 Å². The summed E-state index contributed by atoms with van der Waals surface area (Å²) in [5.41, 5.74) is 6.60. The number of nitrogens with two attached hydrogens (primary N) is 1. The first-order chi connectivity index (χ1) is 5.83. The van der Waals surface area contributed by atoms with Crippen LogP contribution in [0.2, 0.25) is 0 Å². The van der Waals surface area contributed by atoms with E-state index in [4.69, 9.17) is 5.73 Å². The molecular weight excluding hydrogens is 156 g/mol. The predicted octanol–water partition coefficient (Wildman–Crippen LogP) is 0.580. The van der Waals surface area contributed by atoms with Crippen LogP contribution in [-0.4, -0.2) is 5.16 Å². The number of rotatable bonds is 1. The van der Waals surface area contributed by atoms with Crippen molar-refractivity contribution in [1.29, 1.82) is 0 Å². The molecule has 0 aliphatic carbocycles. The van der Waals surface area contributed by atoms with Crippen molar-refractivity contribution in [3.8, 4) is 0 Å². The maximum Gasteiger partial charge on any atom is 0.365 e. The summed E-state index contributed by atoms with van der Waals surface area (Å²) in [7, 11) is 0. The topological polar surface area (TPSA) is 72.0 Å². The Bertz CT molecular complexity index is 455. The fourth-order valence-electron chi connectivity index (χ4n) is 1.25. The second-order valence-corrected chi connectivity index (χ2v) is 2.54. The zero-order chi connectivity index (χ0) is 8.55. The van der Waals surface area contributed by atoms with Crippen LogP contribution in [0.5, 0.6) is 0 Å². The van der Waals surface area contributed by atoms with Crippen molar-refractivity contribution in [2.24, 2.45) is 5.73 Å². The molecule has 0 atom stereocenters. The summed E-state index contributed by atoms with van der Waals surface area (Å²) in [4.78, 5) is 11.1. The van der Waals surface area contributed by atoms with Gasteiger partial charge in [0.25, 0.3) is 0 Å². The fraction of sp³-hybridized carbons (Fsp3) is 0.125. The standard InChI is InChI=1S/C8H8N2O2/c9-4-5-2-1-3-6-7(5)8(11)12-10-6/h1-3,10H,4,9H2. The maximum atomic E-state index is 11.1. The van der Waals surface area contributed by atoms with Gasteiger partial charge in [-0.25, -0.2) is 9.95 Å². The van der Waals surface area contributed by atoms with Gasteiger partial charge in [0.1, 0.15) is 0 Å². The van der Waals surface area contributed by atoms with Gasteiger partial charge in [-0.1, -0.05) is 12.1 Å². The van der Waals surface area contributed by atoms with Gasteiger partial charge in [-0.2, -0.15) is 0 Å². The molecule has 0 aliphatic heterocycles. The zero-order valence-electron chi connectivity index (χ0n) is 6.33. The lowest BCUT2D eigenvalue weighted by Crippen LogP contribution is -2.01. The van der Waals surface area contributed by atoms with E-state index >= 15 is 0 Å². The Hall–Kier alpha value is -1.55. The van der Waals surface area contributed by atoms with Gasteiger partial charge in [0.15, 0.2) is 0 Å². The van der Waals surface area contributed by atoms with E-state index in [1.807, 2.05) is 12.1 Å². The summed E-state index contributed by atoms with van der Waals surface area (Å²) in [6, 6.07) is 5.42. The largest absolute Gasteiger partial charge is 0.365 e. The third-order valence-corrected chi connectivity index (χ3v) is 1.83. The highest BCUT2D eigenvalue weighted by Gasteiger charge is 2.05. The minimum atomic E-state index is -0.356. The molecule has 0 unspecified atom stereocenters. The van der Waals surface area contributed by atoms with Crippen molar-refractivity contribution in [1.82, 2.24) is 5.16 Å². The van der Waals surface area contributed by atoms with Crippen LogP contribution < -0.4 is 11.4 Å². The molecule has 0 saturated heterocycles. The van der Waals surface area contributed by atoms with Crippen molar-refractivity contribution in [2.45, 2.75) is 6.54 Å². The van der Waals surface area contributed by atoms with Gasteiger partial charge in [-0.15, -0.1) is 0 Å². The highest BCUT2D eigenvalue weighted by Crippen LogP contribution is 2.11. The first kappa shape index (κ1) is 7.12. The summed E-state index contributed by atoms with van der Waals surface area (Å²) in [6.45, 7) is 0.347. The van der Waals surface area contributed by atoms with Crippen LogP contribution in [0.4, 0.5) is 0 Å². The molecule has 4 nitrogen and oxygen atoms in total. The second kappa shape index (κ2) is 2.49. The van der Waals surface area contributed by atoms with Crippen LogP contribution in [0.25, 0.3) is 10.9 Å². The Morgan fingerprint density at radius 3 is 3.08 bits per heavy atom. The molecule has 1 heterocycles. The molecule has 0 radical (unpaired) electrons. The highest BCUT2D eigenvalue weighted by molar-refractivity contribution is 5.80. The monoisotopic (exact) mass is 164 g/mol. The van der Waals surface area contributed by atoms with Crippen LogP contribution in [0.15, 0.2) is 27.5 Å². The van der Waals surface area contributed by atoms with Crippen LogP contribution in [-0.2, 0) is 6.54 Å². The smallest absolute Gasteiger partial charge is 0.338 e. The molecule has 0 amide bonds. The van der Waals surface area contributed by atoms with Crippen molar-refractivity contribution in [3.63, 3.8) is 0 Å². The first-order valence-corrected chi connectivity index (χ1v) is 3.62. The zero-order valence-corrected chi connectivity index (χ0v) is 6.33. The lowest BCUT2D eigenvalue weighted by molar-refractivity contribution is 0.399.